The third kappa shape index (κ3) is 4.09. The summed E-state index contributed by atoms with van der Waals surface area (Å²) in [4.78, 5) is 12.8. The summed E-state index contributed by atoms with van der Waals surface area (Å²) in [5.41, 5.74) is 1.54. The second-order valence-electron chi connectivity index (χ2n) is 6.48. The van der Waals surface area contributed by atoms with Gasteiger partial charge in [0.2, 0.25) is 15.9 Å². The van der Waals surface area contributed by atoms with Crippen molar-refractivity contribution < 1.29 is 13.2 Å². The van der Waals surface area contributed by atoms with Crippen LogP contribution in [0.15, 0.2) is 53.4 Å². The molecule has 0 saturated carbocycles. The van der Waals surface area contributed by atoms with Crippen LogP contribution in [0, 0.1) is 12.8 Å². The van der Waals surface area contributed by atoms with Crippen LogP contribution in [-0.2, 0) is 14.8 Å². The molecule has 1 aliphatic heterocycles. The molecule has 2 aromatic rings. The molecule has 1 fully saturated rings. The predicted molar refractivity (Wildman–Crippen MR) is 103 cm³/mol. The second kappa shape index (κ2) is 7.78. The maximum atomic E-state index is 12.9. The van der Waals surface area contributed by atoms with Gasteiger partial charge in [-0.3, -0.25) is 4.79 Å². The average Bonchev–Trinajstić information content (AvgIpc) is 2.64. The van der Waals surface area contributed by atoms with Crippen LogP contribution in [0.3, 0.4) is 0 Å². The van der Waals surface area contributed by atoms with E-state index in [0.717, 1.165) is 5.56 Å². The maximum Gasteiger partial charge on any atom is 0.243 e. The lowest BCUT2D eigenvalue weighted by molar-refractivity contribution is -0.120. The van der Waals surface area contributed by atoms with E-state index in [1.807, 2.05) is 6.92 Å². The van der Waals surface area contributed by atoms with Gasteiger partial charge in [0.1, 0.15) is 0 Å². The van der Waals surface area contributed by atoms with Gasteiger partial charge in [0.25, 0.3) is 0 Å². The Hall–Kier alpha value is -1.89. The topological polar surface area (TPSA) is 66.5 Å². The summed E-state index contributed by atoms with van der Waals surface area (Å²) < 4.78 is 27.1. The van der Waals surface area contributed by atoms with Crippen LogP contribution >= 0.6 is 11.6 Å². The van der Waals surface area contributed by atoms with Crippen molar-refractivity contribution in [1.29, 1.82) is 0 Å². The Bertz CT molecular complexity index is 897. The molecule has 0 bridgehead atoms. The summed E-state index contributed by atoms with van der Waals surface area (Å²) in [6.45, 7) is 2.50. The minimum atomic E-state index is -3.60. The molecule has 0 aromatic heterocycles. The number of aryl methyl sites for hydroxylation is 1. The van der Waals surface area contributed by atoms with E-state index < -0.39 is 15.9 Å². The van der Waals surface area contributed by atoms with Gasteiger partial charge in [0, 0.05) is 13.1 Å². The maximum absolute atomic E-state index is 12.9. The fraction of sp³-hybridized carbons (Fsp3) is 0.316. The number of carbonyl (C=O) groups excluding carboxylic acids is 1. The van der Waals surface area contributed by atoms with Gasteiger partial charge in [-0.05, 0) is 44.0 Å². The molecule has 1 aliphatic rings. The molecule has 1 atom stereocenters. The number of amides is 1. The van der Waals surface area contributed by atoms with Gasteiger partial charge < -0.3 is 5.32 Å². The molecule has 1 saturated heterocycles. The van der Waals surface area contributed by atoms with Crippen LogP contribution in [0.1, 0.15) is 18.4 Å². The summed E-state index contributed by atoms with van der Waals surface area (Å²) in [5.74, 6) is -0.609. The number of benzene rings is 2. The van der Waals surface area contributed by atoms with E-state index in [2.05, 4.69) is 5.32 Å². The monoisotopic (exact) mass is 392 g/mol. The van der Waals surface area contributed by atoms with Crippen molar-refractivity contribution in [2.45, 2.75) is 24.7 Å². The molecule has 0 radical (unpaired) electrons. The van der Waals surface area contributed by atoms with Gasteiger partial charge in [-0.25, -0.2) is 8.42 Å². The van der Waals surface area contributed by atoms with Gasteiger partial charge in [-0.2, -0.15) is 4.31 Å². The van der Waals surface area contributed by atoms with Gasteiger partial charge in [0.05, 0.1) is 21.5 Å². The third-order valence-corrected chi connectivity index (χ3v) is 6.75. The number of nitrogens with zero attached hydrogens (tertiary/aromatic N) is 1. The van der Waals surface area contributed by atoms with Crippen molar-refractivity contribution in [3.8, 4) is 0 Å². The standard InChI is InChI=1S/C19H21ClN2O3S/c1-14-8-10-16(11-9-14)26(24,25)22-12-4-5-15(13-22)19(23)21-18-7-3-2-6-17(18)20/h2-3,6-11,15H,4-5,12-13H2,1H3,(H,21,23)/t15-/m1/s1. The lowest BCUT2D eigenvalue weighted by Gasteiger charge is -2.31. The minimum absolute atomic E-state index is 0.173. The first-order chi connectivity index (χ1) is 12.4. The number of halogens is 1. The quantitative estimate of drug-likeness (QED) is 0.862. The molecule has 138 valence electrons. The molecule has 0 unspecified atom stereocenters. The van der Waals surface area contributed by atoms with Gasteiger partial charge in [0.15, 0.2) is 0 Å². The molecule has 5 nitrogen and oxygen atoms in total. The molecule has 1 N–H and O–H groups in total. The number of piperidine rings is 1. The average molecular weight is 393 g/mol. The fourth-order valence-electron chi connectivity index (χ4n) is 3.03. The van der Waals surface area contributed by atoms with E-state index in [-0.39, 0.29) is 17.3 Å². The molecule has 2 aromatic carbocycles. The van der Waals surface area contributed by atoms with Crippen molar-refractivity contribution >= 4 is 33.2 Å². The van der Waals surface area contributed by atoms with E-state index in [0.29, 0.717) is 30.1 Å². The zero-order valence-corrected chi connectivity index (χ0v) is 16.1. The van der Waals surface area contributed by atoms with Crippen molar-refractivity contribution in [3.05, 3.63) is 59.1 Å². The molecule has 26 heavy (non-hydrogen) atoms. The largest absolute Gasteiger partial charge is 0.324 e. The number of hydrogen-bond acceptors (Lipinski definition) is 3. The lowest BCUT2D eigenvalue weighted by atomic mass is 9.99. The third-order valence-electron chi connectivity index (χ3n) is 4.55. The van der Waals surface area contributed by atoms with E-state index >= 15 is 0 Å². The first-order valence-electron chi connectivity index (χ1n) is 8.50. The number of anilines is 1. The molecular weight excluding hydrogens is 372 g/mol. The zero-order valence-electron chi connectivity index (χ0n) is 14.5. The molecule has 1 heterocycles. The van der Waals surface area contributed by atoms with Gasteiger partial charge in [-0.15, -0.1) is 0 Å². The van der Waals surface area contributed by atoms with E-state index in [1.54, 1.807) is 48.5 Å². The van der Waals surface area contributed by atoms with Crippen molar-refractivity contribution in [2.75, 3.05) is 18.4 Å². The highest BCUT2D eigenvalue weighted by atomic mass is 35.5. The van der Waals surface area contributed by atoms with Gasteiger partial charge in [-0.1, -0.05) is 41.4 Å². The number of para-hydroxylation sites is 1. The summed E-state index contributed by atoms with van der Waals surface area (Å²) in [6, 6.07) is 13.8. The van der Waals surface area contributed by atoms with Crippen LogP contribution in [0.5, 0.6) is 0 Å². The van der Waals surface area contributed by atoms with Crippen LogP contribution in [0.4, 0.5) is 5.69 Å². The first-order valence-corrected chi connectivity index (χ1v) is 10.3. The normalized spacial score (nSPS) is 18.5. The summed E-state index contributed by atoms with van der Waals surface area (Å²) in [6.07, 6.45) is 1.29. The number of sulfonamides is 1. The fourth-order valence-corrected chi connectivity index (χ4v) is 4.74. The van der Waals surface area contributed by atoms with Gasteiger partial charge >= 0.3 is 0 Å². The van der Waals surface area contributed by atoms with Crippen molar-refractivity contribution in [1.82, 2.24) is 4.31 Å². The Morgan fingerprint density at radius 3 is 2.54 bits per heavy atom. The molecule has 7 heteroatoms. The summed E-state index contributed by atoms with van der Waals surface area (Å²) in [7, 11) is -3.60. The molecule has 3 rings (SSSR count). The molecular formula is C19H21ClN2O3S. The molecule has 1 amide bonds. The SMILES string of the molecule is Cc1ccc(S(=O)(=O)N2CCC[C@@H](C(=O)Nc3ccccc3Cl)C2)cc1. The zero-order chi connectivity index (χ0) is 18.7. The lowest BCUT2D eigenvalue weighted by Crippen LogP contribution is -2.43. The van der Waals surface area contributed by atoms with Crippen LogP contribution in [-0.4, -0.2) is 31.7 Å². The minimum Gasteiger partial charge on any atom is -0.324 e. The number of hydrogen-bond donors (Lipinski definition) is 1. The Labute approximate surface area is 159 Å². The summed E-state index contributed by atoms with van der Waals surface area (Å²) in [5, 5.41) is 3.27. The Balaban J connectivity index is 1.73. The Morgan fingerprint density at radius 2 is 1.85 bits per heavy atom. The second-order valence-corrected chi connectivity index (χ2v) is 8.83. The highest BCUT2D eigenvalue weighted by Crippen LogP contribution is 2.26. The highest BCUT2D eigenvalue weighted by molar-refractivity contribution is 7.89. The Kier molecular flexibility index (Phi) is 5.65. The van der Waals surface area contributed by atoms with Crippen molar-refractivity contribution in [3.63, 3.8) is 0 Å². The Morgan fingerprint density at radius 1 is 1.15 bits per heavy atom. The number of rotatable bonds is 4. The summed E-state index contributed by atoms with van der Waals surface area (Å²) >= 11 is 6.08. The van der Waals surface area contributed by atoms with E-state index in [9.17, 15) is 13.2 Å². The van der Waals surface area contributed by atoms with Crippen LogP contribution in [0.2, 0.25) is 5.02 Å². The predicted octanol–water partition coefficient (Wildman–Crippen LogP) is 3.69. The highest BCUT2D eigenvalue weighted by Gasteiger charge is 2.33. The smallest absolute Gasteiger partial charge is 0.243 e. The van der Waals surface area contributed by atoms with E-state index in [1.165, 1.54) is 4.31 Å². The van der Waals surface area contributed by atoms with Crippen LogP contribution < -0.4 is 5.32 Å². The van der Waals surface area contributed by atoms with E-state index in [4.69, 9.17) is 11.6 Å². The number of carbonyl (C=O) groups is 1. The first kappa shape index (κ1) is 18.9. The molecule has 0 aliphatic carbocycles. The molecule has 0 spiro atoms. The number of nitrogens with one attached hydrogen (secondary N) is 1. The van der Waals surface area contributed by atoms with Crippen LogP contribution in [0.25, 0.3) is 0 Å². The van der Waals surface area contributed by atoms with Crippen molar-refractivity contribution in [2.24, 2.45) is 5.92 Å².